The quantitative estimate of drug-likeness (QED) is 0.154. The maximum Gasteiger partial charge on any atom is 0.326 e. The lowest BCUT2D eigenvalue weighted by Crippen LogP contribution is -2.57. The minimum absolute atomic E-state index is 0.189. The minimum Gasteiger partial charge on any atom is -0.481 e. The van der Waals surface area contributed by atoms with Gasteiger partial charge < -0.3 is 42.3 Å². The molecule has 0 aliphatic carbocycles. The minimum atomic E-state index is -1.63. The molecule has 14 heteroatoms. The van der Waals surface area contributed by atoms with Crippen molar-refractivity contribution in [3.8, 4) is 0 Å². The van der Waals surface area contributed by atoms with Gasteiger partial charge in [0.15, 0.2) is 0 Å². The number of carboxylic acids is 2. The van der Waals surface area contributed by atoms with Gasteiger partial charge in [0.1, 0.15) is 24.2 Å². The van der Waals surface area contributed by atoms with Crippen molar-refractivity contribution >= 4 is 35.6 Å². The van der Waals surface area contributed by atoms with E-state index in [9.17, 15) is 33.9 Å². The maximum absolute atomic E-state index is 12.6. The van der Waals surface area contributed by atoms with Crippen molar-refractivity contribution in [1.82, 2.24) is 15.5 Å². The van der Waals surface area contributed by atoms with Crippen LogP contribution in [0.2, 0.25) is 0 Å². The summed E-state index contributed by atoms with van der Waals surface area (Å²) in [6, 6.07) is -5.42. The standard InChI is InChI=1S/C17H27N5O9/c18-8(7-23)16(29)22-5-1-2-11(22)15(28)21-10(6-13(25)26)14(27)20-9(17(30)31)3-4-12(19)24/h8-11,23H,1-7,18H2,(H2,19,24)(H,20,27)(H,21,28)(H,25,26)(H,30,31). The van der Waals surface area contributed by atoms with Crippen molar-refractivity contribution in [2.75, 3.05) is 13.2 Å². The molecular formula is C17H27N5O9. The molecule has 4 amide bonds. The molecule has 4 unspecified atom stereocenters. The molecule has 0 aromatic carbocycles. The molecule has 0 saturated carbocycles. The molecule has 0 radical (unpaired) electrons. The Bertz CT molecular complexity index is 729. The summed E-state index contributed by atoms with van der Waals surface area (Å²) in [6.07, 6.45) is -0.832. The molecule has 31 heavy (non-hydrogen) atoms. The number of aliphatic hydroxyl groups is 1. The summed E-state index contributed by atoms with van der Waals surface area (Å²) in [5.41, 5.74) is 10.5. The molecule has 1 fully saturated rings. The van der Waals surface area contributed by atoms with Gasteiger partial charge in [-0.3, -0.25) is 24.0 Å². The molecule has 1 saturated heterocycles. The van der Waals surface area contributed by atoms with Crippen LogP contribution in [0.15, 0.2) is 0 Å². The van der Waals surface area contributed by atoms with Crippen LogP contribution in [-0.4, -0.2) is 93.1 Å². The van der Waals surface area contributed by atoms with E-state index < -0.39 is 72.8 Å². The number of primary amides is 1. The van der Waals surface area contributed by atoms with E-state index in [2.05, 4.69) is 10.6 Å². The van der Waals surface area contributed by atoms with Crippen LogP contribution in [0, 0.1) is 0 Å². The van der Waals surface area contributed by atoms with E-state index in [1.54, 1.807) is 0 Å². The average molecular weight is 445 g/mol. The Balaban J connectivity index is 2.90. The van der Waals surface area contributed by atoms with Gasteiger partial charge in [-0.2, -0.15) is 0 Å². The Kier molecular flexibility index (Phi) is 9.82. The van der Waals surface area contributed by atoms with Crippen LogP contribution in [0.4, 0.5) is 0 Å². The average Bonchev–Trinajstić information content (AvgIpc) is 3.18. The van der Waals surface area contributed by atoms with Gasteiger partial charge in [-0.1, -0.05) is 0 Å². The van der Waals surface area contributed by atoms with E-state index in [1.165, 1.54) is 0 Å². The third-order valence-corrected chi connectivity index (χ3v) is 4.66. The Labute approximate surface area is 176 Å². The molecule has 9 N–H and O–H groups in total. The van der Waals surface area contributed by atoms with Gasteiger partial charge >= 0.3 is 11.9 Å². The zero-order valence-corrected chi connectivity index (χ0v) is 16.7. The Morgan fingerprint density at radius 2 is 1.71 bits per heavy atom. The molecule has 174 valence electrons. The second kappa shape index (κ2) is 11.8. The van der Waals surface area contributed by atoms with E-state index >= 15 is 0 Å². The third-order valence-electron chi connectivity index (χ3n) is 4.66. The summed E-state index contributed by atoms with van der Waals surface area (Å²) in [6.45, 7) is -0.440. The highest BCUT2D eigenvalue weighted by Crippen LogP contribution is 2.18. The van der Waals surface area contributed by atoms with Crippen molar-refractivity contribution < 1.29 is 44.1 Å². The largest absolute Gasteiger partial charge is 0.481 e. The lowest BCUT2D eigenvalue weighted by atomic mass is 10.1. The normalized spacial score (nSPS) is 18.5. The number of aliphatic hydroxyl groups excluding tert-OH is 1. The molecule has 1 heterocycles. The molecular weight excluding hydrogens is 418 g/mol. The first-order valence-corrected chi connectivity index (χ1v) is 9.48. The SMILES string of the molecule is NC(=O)CCC(NC(=O)C(CC(=O)O)NC(=O)C1CCCN1C(=O)C(N)CO)C(=O)O. The number of likely N-dealkylation sites (tertiary alicyclic amines) is 1. The van der Waals surface area contributed by atoms with Crippen LogP contribution in [-0.2, 0) is 28.8 Å². The monoisotopic (exact) mass is 445 g/mol. The van der Waals surface area contributed by atoms with Gasteiger partial charge in [0.05, 0.1) is 13.0 Å². The number of nitrogens with zero attached hydrogens (tertiary/aromatic N) is 1. The fraction of sp³-hybridized carbons (Fsp3) is 0.647. The first-order valence-electron chi connectivity index (χ1n) is 9.48. The predicted molar refractivity (Wildman–Crippen MR) is 102 cm³/mol. The van der Waals surface area contributed by atoms with Crippen LogP contribution < -0.4 is 22.1 Å². The molecule has 0 spiro atoms. The summed E-state index contributed by atoms with van der Waals surface area (Å²) in [4.78, 5) is 71.7. The predicted octanol–water partition coefficient (Wildman–Crippen LogP) is -3.91. The van der Waals surface area contributed by atoms with Crippen LogP contribution in [0.3, 0.4) is 0 Å². The van der Waals surface area contributed by atoms with Crippen molar-refractivity contribution in [2.45, 2.75) is 56.3 Å². The fourth-order valence-electron chi connectivity index (χ4n) is 3.06. The lowest BCUT2D eigenvalue weighted by molar-refractivity contribution is -0.145. The number of nitrogens with one attached hydrogen (secondary N) is 2. The van der Waals surface area contributed by atoms with Gasteiger partial charge in [-0.25, -0.2) is 4.79 Å². The highest BCUT2D eigenvalue weighted by Gasteiger charge is 2.38. The second-order valence-electron chi connectivity index (χ2n) is 7.04. The van der Waals surface area contributed by atoms with Crippen LogP contribution in [0.25, 0.3) is 0 Å². The van der Waals surface area contributed by atoms with Gasteiger partial charge in [-0.05, 0) is 19.3 Å². The van der Waals surface area contributed by atoms with E-state index in [0.29, 0.717) is 6.42 Å². The van der Waals surface area contributed by atoms with Crippen molar-refractivity contribution in [1.29, 1.82) is 0 Å². The summed E-state index contributed by atoms with van der Waals surface area (Å²) in [5, 5.41) is 31.6. The van der Waals surface area contributed by atoms with Crippen LogP contribution >= 0.6 is 0 Å². The zero-order chi connectivity index (χ0) is 23.7. The molecule has 4 atom stereocenters. The lowest BCUT2D eigenvalue weighted by Gasteiger charge is -2.28. The van der Waals surface area contributed by atoms with E-state index in [-0.39, 0.29) is 25.8 Å². The summed E-state index contributed by atoms with van der Waals surface area (Å²) >= 11 is 0. The van der Waals surface area contributed by atoms with Gasteiger partial charge in [0.25, 0.3) is 0 Å². The molecule has 1 aliphatic heterocycles. The first kappa shape index (κ1) is 25.8. The van der Waals surface area contributed by atoms with E-state index in [0.717, 1.165) is 4.90 Å². The maximum atomic E-state index is 12.6. The van der Waals surface area contributed by atoms with Crippen LogP contribution in [0.1, 0.15) is 32.1 Å². The van der Waals surface area contributed by atoms with Crippen molar-refractivity contribution in [3.05, 3.63) is 0 Å². The van der Waals surface area contributed by atoms with Gasteiger partial charge in [0, 0.05) is 13.0 Å². The number of aliphatic carboxylic acids is 2. The molecule has 0 bridgehead atoms. The number of nitrogens with two attached hydrogens (primary N) is 2. The van der Waals surface area contributed by atoms with Crippen molar-refractivity contribution in [3.63, 3.8) is 0 Å². The number of rotatable bonds is 12. The van der Waals surface area contributed by atoms with Gasteiger partial charge in [-0.15, -0.1) is 0 Å². The molecule has 1 aliphatic rings. The van der Waals surface area contributed by atoms with E-state index in [1.807, 2.05) is 0 Å². The molecule has 1 rings (SSSR count). The van der Waals surface area contributed by atoms with Crippen molar-refractivity contribution in [2.24, 2.45) is 11.5 Å². The Morgan fingerprint density at radius 1 is 1.06 bits per heavy atom. The second-order valence-corrected chi connectivity index (χ2v) is 7.04. The van der Waals surface area contributed by atoms with Gasteiger partial charge in [0.2, 0.25) is 23.6 Å². The number of hydrogen-bond donors (Lipinski definition) is 7. The Hall–Kier alpha value is -3.26. The molecule has 0 aromatic rings. The molecule has 14 nitrogen and oxygen atoms in total. The zero-order valence-electron chi connectivity index (χ0n) is 16.7. The van der Waals surface area contributed by atoms with E-state index in [4.69, 9.17) is 21.7 Å². The third kappa shape index (κ3) is 7.82. The number of carboxylic acid groups (broad SMARTS) is 2. The summed E-state index contributed by atoms with van der Waals surface area (Å²) in [5.74, 6) is -6.27. The number of carbonyl (C=O) groups is 6. The first-order chi connectivity index (χ1) is 14.5. The fourth-order valence-corrected chi connectivity index (χ4v) is 3.06. The number of hydrogen-bond acceptors (Lipinski definition) is 8. The smallest absolute Gasteiger partial charge is 0.326 e. The molecule has 0 aromatic heterocycles. The summed E-state index contributed by atoms with van der Waals surface area (Å²) < 4.78 is 0. The topological polar surface area (TPSA) is 242 Å². The van der Waals surface area contributed by atoms with Crippen LogP contribution in [0.5, 0.6) is 0 Å². The number of carbonyl (C=O) groups excluding carboxylic acids is 4. The summed E-state index contributed by atoms with van der Waals surface area (Å²) in [7, 11) is 0. The number of amides is 4. The Morgan fingerprint density at radius 3 is 2.23 bits per heavy atom. The highest BCUT2D eigenvalue weighted by atomic mass is 16.4. The highest BCUT2D eigenvalue weighted by molar-refractivity contribution is 5.96.